The SMILES string of the molecule is Cc1ccc(-c2cccc(C(=O)CC(=O)Nc3cc(Cl)ccc3NC(=O)O)c2)cn1. The number of hydrogen-bond donors (Lipinski definition) is 3. The van der Waals surface area contributed by atoms with Gasteiger partial charge in [0.15, 0.2) is 5.78 Å². The molecule has 7 nitrogen and oxygen atoms in total. The van der Waals surface area contributed by atoms with Crippen molar-refractivity contribution < 1.29 is 19.5 Å². The maximum Gasteiger partial charge on any atom is 0.409 e. The third-order valence-corrected chi connectivity index (χ3v) is 4.48. The molecule has 1 aromatic heterocycles. The van der Waals surface area contributed by atoms with Crippen molar-refractivity contribution in [2.75, 3.05) is 10.6 Å². The molecule has 0 atom stereocenters. The van der Waals surface area contributed by atoms with E-state index in [4.69, 9.17) is 16.7 Å². The molecule has 0 saturated carbocycles. The summed E-state index contributed by atoms with van der Waals surface area (Å²) in [5, 5.41) is 13.9. The molecule has 30 heavy (non-hydrogen) atoms. The third-order valence-electron chi connectivity index (χ3n) is 4.25. The number of carboxylic acid groups (broad SMARTS) is 1. The maximum absolute atomic E-state index is 12.6. The number of amides is 2. The van der Waals surface area contributed by atoms with Gasteiger partial charge in [0.05, 0.1) is 17.8 Å². The van der Waals surface area contributed by atoms with Crippen LogP contribution in [-0.2, 0) is 4.79 Å². The summed E-state index contributed by atoms with van der Waals surface area (Å²) in [6, 6.07) is 15.0. The van der Waals surface area contributed by atoms with Gasteiger partial charge in [0, 0.05) is 28.0 Å². The number of benzene rings is 2. The largest absolute Gasteiger partial charge is 0.465 e. The van der Waals surface area contributed by atoms with Gasteiger partial charge in [0.25, 0.3) is 0 Å². The summed E-state index contributed by atoms with van der Waals surface area (Å²) in [4.78, 5) is 40.1. The molecule has 0 spiro atoms. The summed E-state index contributed by atoms with van der Waals surface area (Å²) in [5.74, 6) is -0.956. The minimum Gasteiger partial charge on any atom is -0.465 e. The predicted octanol–water partition coefficient (Wildman–Crippen LogP) is 5.01. The standard InChI is InChI=1S/C22H18ClN3O4/c1-13-5-6-16(12-24-13)14-3-2-4-15(9-14)20(27)11-21(28)25-19-10-17(23)7-8-18(19)26-22(29)30/h2-10,12,26H,11H2,1H3,(H,25,28)(H,29,30). The van der Waals surface area contributed by atoms with Crippen molar-refractivity contribution in [1.29, 1.82) is 0 Å². The highest BCUT2D eigenvalue weighted by atomic mass is 35.5. The number of anilines is 2. The molecule has 0 fully saturated rings. The Morgan fingerprint density at radius 1 is 0.967 bits per heavy atom. The van der Waals surface area contributed by atoms with E-state index in [0.29, 0.717) is 10.6 Å². The zero-order valence-electron chi connectivity index (χ0n) is 16.0. The Bertz CT molecular complexity index is 1110. The molecule has 0 bridgehead atoms. The van der Waals surface area contributed by atoms with Gasteiger partial charge in [0.1, 0.15) is 0 Å². The number of hydrogen-bond acceptors (Lipinski definition) is 4. The summed E-state index contributed by atoms with van der Waals surface area (Å²) in [7, 11) is 0. The Kier molecular flexibility index (Phi) is 6.44. The Hall–Kier alpha value is -3.71. The molecule has 0 radical (unpaired) electrons. The first-order chi connectivity index (χ1) is 14.3. The lowest BCUT2D eigenvalue weighted by Crippen LogP contribution is -2.18. The van der Waals surface area contributed by atoms with E-state index in [1.807, 2.05) is 25.1 Å². The quantitative estimate of drug-likeness (QED) is 0.381. The number of aromatic nitrogens is 1. The predicted molar refractivity (Wildman–Crippen MR) is 115 cm³/mol. The van der Waals surface area contributed by atoms with E-state index in [0.717, 1.165) is 16.8 Å². The first kappa shape index (κ1) is 21.0. The van der Waals surface area contributed by atoms with Crippen LogP contribution in [0.2, 0.25) is 5.02 Å². The molecular weight excluding hydrogens is 406 g/mol. The second kappa shape index (κ2) is 9.19. The molecule has 3 N–H and O–H groups in total. The van der Waals surface area contributed by atoms with Crippen LogP contribution in [0.15, 0.2) is 60.8 Å². The number of nitrogens with one attached hydrogen (secondary N) is 2. The molecule has 0 aliphatic rings. The van der Waals surface area contributed by atoms with Crippen molar-refractivity contribution in [3.05, 3.63) is 77.1 Å². The molecule has 0 aliphatic carbocycles. The minimum atomic E-state index is -1.29. The van der Waals surface area contributed by atoms with Gasteiger partial charge in [-0.1, -0.05) is 35.9 Å². The number of carbonyl (C=O) groups excluding carboxylic acids is 2. The van der Waals surface area contributed by atoms with Crippen molar-refractivity contribution in [2.24, 2.45) is 0 Å². The number of carbonyl (C=O) groups is 3. The van der Waals surface area contributed by atoms with Crippen LogP contribution in [0.25, 0.3) is 11.1 Å². The lowest BCUT2D eigenvalue weighted by atomic mass is 10.0. The monoisotopic (exact) mass is 423 g/mol. The number of ketones is 1. The Morgan fingerprint density at radius 2 is 1.77 bits per heavy atom. The lowest BCUT2D eigenvalue weighted by Gasteiger charge is -2.11. The molecule has 8 heteroatoms. The lowest BCUT2D eigenvalue weighted by molar-refractivity contribution is -0.115. The first-order valence-electron chi connectivity index (χ1n) is 8.97. The maximum atomic E-state index is 12.6. The smallest absolute Gasteiger partial charge is 0.409 e. The van der Waals surface area contributed by atoms with E-state index < -0.39 is 18.4 Å². The average Bonchev–Trinajstić information content (AvgIpc) is 2.70. The van der Waals surface area contributed by atoms with Crippen molar-refractivity contribution in [2.45, 2.75) is 13.3 Å². The van der Waals surface area contributed by atoms with Gasteiger partial charge in [0.2, 0.25) is 5.91 Å². The molecule has 1 heterocycles. The molecule has 2 aromatic carbocycles. The summed E-state index contributed by atoms with van der Waals surface area (Å²) < 4.78 is 0. The second-order valence-corrected chi connectivity index (χ2v) is 6.97. The van der Waals surface area contributed by atoms with E-state index in [2.05, 4.69) is 15.6 Å². The number of rotatable bonds is 6. The van der Waals surface area contributed by atoms with Crippen LogP contribution in [0.4, 0.5) is 16.2 Å². The van der Waals surface area contributed by atoms with Crippen molar-refractivity contribution in [3.63, 3.8) is 0 Å². The van der Waals surface area contributed by atoms with E-state index in [1.54, 1.807) is 24.4 Å². The molecule has 0 unspecified atom stereocenters. The zero-order valence-corrected chi connectivity index (χ0v) is 16.7. The van der Waals surface area contributed by atoms with Gasteiger partial charge < -0.3 is 10.4 Å². The van der Waals surface area contributed by atoms with Crippen LogP contribution < -0.4 is 10.6 Å². The molecular formula is C22H18ClN3O4. The van der Waals surface area contributed by atoms with Gasteiger partial charge in [-0.3, -0.25) is 19.9 Å². The third kappa shape index (κ3) is 5.42. The van der Waals surface area contributed by atoms with Gasteiger partial charge in [-0.25, -0.2) is 4.79 Å². The molecule has 0 saturated heterocycles. The number of nitrogens with zero attached hydrogens (tertiary/aromatic N) is 1. The fraction of sp³-hybridized carbons (Fsp3) is 0.0909. The van der Waals surface area contributed by atoms with Crippen molar-refractivity contribution >= 4 is 40.8 Å². The number of Topliss-reactive ketones (excluding diaryl/α,β-unsaturated/α-hetero) is 1. The number of halogens is 1. The summed E-state index contributed by atoms with van der Waals surface area (Å²) in [5.41, 5.74) is 3.28. The minimum absolute atomic E-state index is 0.154. The summed E-state index contributed by atoms with van der Waals surface area (Å²) in [6.07, 6.45) is 0.0300. The van der Waals surface area contributed by atoms with Crippen LogP contribution in [0.3, 0.4) is 0 Å². The average molecular weight is 424 g/mol. The molecule has 3 aromatic rings. The highest BCUT2D eigenvalue weighted by Gasteiger charge is 2.15. The van der Waals surface area contributed by atoms with E-state index in [9.17, 15) is 14.4 Å². The zero-order chi connectivity index (χ0) is 21.7. The highest BCUT2D eigenvalue weighted by Crippen LogP contribution is 2.26. The van der Waals surface area contributed by atoms with Gasteiger partial charge in [-0.15, -0.1) is 0 Å². The fourth-order valence-corrected chi connectivity index (χ4v) is 2.97. The summed E-state index contributed by atoms with van der Waals surface area (Å²) in [6.45, 7) is 1.89. The van der Waals surface area contributed by atoms with Gasteiger partial charge >= 0.3 is 6.09 Å². The topological polar surface area (TPSA) is 108 Å². The van der Waals surface area contributed by atoms with E-state index in [-0.39, 0.29) is 17.2 Å². The van der Waals surface area contributed by atoms with Crippen LogP contribution in [0, 0.1) is 6.92 Å². The Balaban J connectivity index is 1.73. The Labute approximate surface area is 177 Å². The van der Waals surface area contributed by atoms with Crippen LogP contribution in [0.5, 0.6) is 0 Å². The van der Waals surface area contributed by atoms with Gasteiger partial charge in [-0.05, 0) is 42.8 Å². The molecule has 0 aliphatic heterocycles. The Morgan fingerprint density at radius 3 is 2.47 bits per heavy atom. The van der Waals surface area contributed by atoms with Crippen LogP contribution in [-0.4, -0.2) is 27.9 Å². The first-order valence-corrected chi connectivity index (χ1v) is 9.35. The van der Waals surface area contributed by atoms with Gasteiger partial charge in [-0.2, -0.15) is 0 Å². The van der Waals surface area contributed by atoms with Crippen LogP contribution >= 0.6 is 11.6 Å². The normalized spacial score (nSPS) is 10.3. The number of aryl methyl sites for hydroxylation is 1. The van der Waals surface area contributed by atoms with Crippen molar-refractivity contribution in [3.8, 4) is 11.1 Å². The fourth-order valence-electron chi connectivity index (χ4n) is 2.80. The van der Waals surface area contributed by atoms with E-state index in [1.165, 1.54) is 18.2 Å². The molecule has 152 valence electrons. The van der Waals surface area contributed by atoms with Crippen LogP contribution in [0.1, 0.15) is 22.5 Å². The second-order valence-electron chi connectivity index (χ2n) is 6.54. The highest BCUT2D eigenvalue weighted by molar-refractivity contribution is 6.31. The summed E-state index contributed by atoms with van der Waals surface area (Å²) >= 11 is 5.93. The molecule has 3 rings (SSSR count). The number of pyridine rings is 1. The van der Waals surface area contributed by atoms with Crippen molar-refractivity contribution in [1.82, 2.24) is 4.98 Å². The van der Waals surface area contributed by atoms with E-state index >= 15 is 0 Å². The molecule has 2 amide bonds.